The summed E-state index contributed by atoms with van der Waals surface area (Å²) in [4.78, 5) is 0. The summed E-state index contributed by atoms with van der Waals surface area (Å²) in [6.07, 6.45) is 0. The van der Waals surface area contributed by atoms with Gasteiger partial charge in [-0.1, -0.05) is 0 Å². The van der Waals surface area contributed by atoms with Gasteiger partial charge in [0, 0.05) is 0 Å². The van der Waals surface area contributed by atoms with Crippen LogP contribution in [-0.2, 0) is 0 Å². The van der Waals surface area contributed by atoms with E-state index in [2.05, 4.69) is 11.5 Å². The topological polar surface area (TPSA) is 116 Å². The van der Waals surface area contributed by atoms with Crippen LogP contribution in [0.15, 0.2) is 0 Å². The molecule has 7 N–H and O–H groups in total. The highest BCUT2D eigenvalue weighted by molar-refractivity contribution is 5.71. The third-order valence-electron chi connectivity index (χ3n) is 0. The Bertz CT molecular complexity index is 31.8. The van der Waals surface area contributed by atoms with E-state index in [9.17, 15) is 0 Å². The molecule has 0 aromatic rings. The lowest BCUT2D eigenvalue weighted by Gasteiger charge is -1.69. The summed E-state index contributed by atoms with van der Waals surface area (Å²) in [5.74, 6) is -0.333. The zero-order valence-electron chi connectivity index (χ0n) is 3.05. The summed E-state index contributed by atoms with van der Waals surface area (Å²) in [5, 5.41) is 18.1. The van der Waals surface area contributed by atoms with Crippen LogP contribution in [-0.4, -0.2) is 16.5 Å². The van der Waals surface area contributed by atoms with Crippen LogP contribution in [0.3, 0.4) is 0 Å². The van der Waals surface area contributed by atoms with E-state index < -0.39 is 0 Å². The summed E-state index contributed by atoms with van der Waals surface area (Å²) in [6, 6.07) is 0. The SMILES string of the molecule is N=C(N)N.OO. The second-order valence-electron chi connectivity index (χ2n) is 0.455. The summed E-state index contributed by atoms with van der Waals surface area (Å²) < 4.78 is 0. The van der Waals surface area contributed by atoms with Crippen LogP contribution in [0.4, 0.5) is 0 Å². The average molecular weight is 93.1 g/mol. The standard InChI is InChI=1S/CH5N3.H2O2/c2-1(3)4;1-2/h(H5,2,3,4);1-2H. The van der Waals surface area contributed by atoms with Gasteiger partial charge in [-0.05, 0) is 0 Å². The monoisotopic (exact) mass is 93.1 g/mol. The first-order valence-corrected chi connectivity index (χ1v) is 1.03. The molecule has 0 aromatic carbocycles. The van der Waals surface area contributed by atoms with Gasteiger partial charge in [-0.25, -0.2) is 0 Å². The number of hydrogen-bond donors (Lipinski definition) is 5. The van der Waals surface area contributed by atoms with E-state index in [1.165, 1.54) is 0 Å². The molecule has 0 aliphatic heterocycles. The molecule has 0 aliphatic rings. The van der Waals surface area contributed by atoms with Gasteiger partial charge in [-0.3, -0.25) is 15.9 Å². The van der Waals surface area contributed by atoms with Crippen molar-refractivity contribution < 1.29 is 10.5 Å². The molecule has 5 heteroatoms. The Balaban J connectivity index is 0. The minimum atomic E-state index is -0.333. The van der Waals surface area contributed by atoms with Gasteiger partial charge < -0.3 is 11.5 Å². The van der Waals surface area contributed by atoms with Crippen LogP contribution in [0.1, 0.15) is 0 Å². The summed E-state index contributed by atoms with van der Waals surface area (Å²) in [6.45, 7) is 0. The van der Waals surface area contributed by atoms with Crippen molar-refractivity contribution >= 4 is 5.96 Å². The largest absolute Gasteiger partial charge is 0.370 e. The Morgan fingerprint density at radius 2 is 1.33 bits per heavy atom. The predicted octanol–water partition coefficient (Wildman–Crippen LogP) is -1.14. The lowest BCUT2D eigenvalue weighted by molar-refractivity contribution is -0.176. The molecule has 0 aliphatic carbocycles. The van der Waals surface area contributed by atoms with Gasteiger partial charge in [0.1, 0.15) is 0 Å². The maximum atomic E-state index is 6.06. The van der Waals surface area contributed by atoms with Gasteiger partial charge in [0.05, 0.1) is 0 Å². The maximum absolute atomic E-state index is 6.06. The van der Waals surface area contributed by atoms with Crippen LogP contribution in [0, 0.1) is 5.41 Å². The third-order valence-corrected chi connectivity index (χ3v) is 0. The molecule has 0 heterocycles. The van der Waals surface area contributed by atoms with Crippen molar-refractivity contribution in [2.45, 2.75) is 0 Å². The summed E-state index contributed by atoms with van der Waals surface area (Å²) >= 11 is 0. The van der Waals surface area contributed by atoms with E-state index in [1.54, 1.807) is 0 Å². The first-order valence-electron chi connectivity index (χ1n) is 1.03. The minimum absolute atomic E-state index is 0.333. The number of rotatable bonds is 0. The molecule has 38 valence electrons. The first kappa shape index (κ1) is 8.95. The van der Waals surface area contributed by atoms with Crippen molar-refractivity contribution in [2.24, 2.45) is 11.5 Å². The smallest absolute Gasteiger partial charge is 0.183 e. The van der Waals surface area contributed by atoms with Crippen molar-refractivity contribution in [1.29, 1.82) is 5.41 Å². The summed E-state index contributed by atoms with van der Waals surface area (Å²) in [7, 11) is 0. The molecule has 0 atom stereocenters. The van der Waals surface area contributed by atoms with E-state index in [-0.39, 0.29) is 5.96 Å². The highest BCUT2D eigenvalue weighted by Crippen LogP contribution is 1.13. The molecule has 0 saturated carbocycles. The number of hydrogen-bond acceptors (Lipinski definition) is 3. The zero-order valence-corrected chi connectivity index (χ0v) is 3.05. The number of nitrogens with two attached hydrogens (primary N) is 2. The molecule has 0 spiro atoms. The zero-order chi connectivity index (χ0) is 5.58. The molecule has 0 radical (unpaired) electrons. The van der Waals surface area contributed by atoms with Gasteiger partial charge in [-0.15, -0.1) is 0 Å². The molecule has 0 fully saturated rings. The van der Waals surface area contributed by atoms with Gasteiger partial charge in [0.25, 0.3) is 0 Å². The lowest BCUT2D eigenvalue weighted by Crippen LogP contribution is -2.20. The van der Waals surface area contributed by atoms with Crippen LogP contribution in [0.25, 0.3) is 0 Å². The first-order chi connectivity index (χ1) is 2.73. The maximum Gasteiger partial charge on any atom is 0.183 e. The Labute approximate surface area is 34.6 Å². The van der Waals surface area contributed by atoms with Crippen LogP contribution in [0.5, 0.6) is 0 Å². The molecule has 0 unspecified atom stereocenters. The fraction of sp³-hybridized carbons (Fsp3) is 0. The quantitative estimate of drug-likeness (QED) is 0.112. The molecule has 0 saturated heterocycles. The Morgan fingerprint density at radius 3 is 1.33 bits per heavy atom. The van der Waals surface area contributed by atoms with Crippen molar-refractivity contribution in [2.75, 3.05) is 0 Å². The highest BCUT2D eigenvalue weighted by atomic mass is 17.0. The van der Waals surface area contributed by atoms with Crippen molar-refractivity contribution in [3.8, 4) is 0 Å². The van der Waals surface area contributed by atoms with Gasteiger partial charge in [0.2, 0.25) is 0 Å². The van der Waals surface area contributed by atoms with Crippen LogP contribution in [0.2, 0.25) is 0 Å². The molecule has 5 nitrogen and oxygen atoms in total. The van der Waals surface area contributed by atoms with Crippen LogP contribution < -0.4 is 11.5 Å². The van der Waals surface area contributed by atoms with Gasteiger partial charge in [-0.2, -0.15) is 0 Å². The second-order valence-corrected chi connectivity index (χ2v) is 0.455. The van der Waals surface area contributed by atoms with E-state index in [0.29, 0.717) is 0 Å². The second kappa shape index (κ2) is 8.89. The third kappa shape index (κ3) is 23.3. The predicted molar refractivity (Wildman–Crippen MR) is 21.4 cm³/mol. The minimum Gasteiger partial charge on any atom is -0.370 e. The average Bonchev–Trinajstić information content (AvgIpc) is 1.41. The molecule has 6 heavy (non-hydrogen) atoms. The molecule has 0 rings (SSSR count). The van der Waals surface area contributed by atoms with E-state index in [1.807, 2.05) is 0 Å². The lowest BCUT2D eigenvalue weighted by atomic mass is 11.1. The fourth-order valence-electron chi connectivity index (χ4n) is 0. The Kier molecular flexibility index (Phi) is 13.3. The normalized spacial score (nSPS) is 5.00. The molecular formula is CH7N3O2. The van der Waals surface area contributed by atoms with E-state index in [0.717, 1.165) is 0 Å². The molecule has 0 aromatic heterocycles. The van der Waals surface area contributed by atoms with E-state index >= 15 is 0 Å². The Morgan fingerprint density at radius 1 is 1.33 bits per heavy atom. The van der Waals surface area contributed by atoms with Crippen molar-refractivity contribution in [3.05, 3.63) is 0 Å². The van der Waals surface area contributed by atoms with Crippen LogP contribution >= 0.6 is 0 Å². The highest BCUT2D eigenvalue weighted by Gasteiger charge is 1.52. The van der Waals surface area contributed by atoms with Gasteiger partial charge in [0.15, 0.2) is 5.96 Å². The molecular weight excluding hydrogens is 86.0 g/mol. The summed E-state index contributed by atoms with van der Waals surface area (Å²) in [5.41, 5.74) is 8.94. The molecule has 0 amide bonds. The number of guanidine groups is 1. The number of nitrogens with one attached hydrogen (secondary N) is 1. The van der Waals surface area contributed by atoms with E-state index in [4.69, 9.17) is 15.9 Å². The van der Waals surface area contributed by atoms with Gasteiger partial charge >= 0.3 is 0 Å². The van der Waals surface area contributed by atoms with Crippen molar-refractivity contribution in [1.82, 2.24) is 0 Å². The fourth-order valence-corrected chi connectivity index (χ4v) is 0. The Hall–Kier alpha value is -0.810. The molecule has 0 bridgehead atoms. The van der Waals surface area contributed by atoms with Crippen molar-refractivity contribution in [3.63, 3.8) is 0 Å².